The molecule has 3 aliphatic carbocycles. The van der Waals surface area contributed by atoms with Crippen LogP contribution in [0, 0.1) is 130 Å². The quantitative estimate of drug-likeness (QED) is 0.0511. The second-order valence-electron chi connectivity index (χ2n) is 24.9. The van der Waals surface area contributed by atoms with Crippen molar-refractivity contribution < 1.29 is 103 Å². The third-order valence-electron chi connectivity index (χ3n) is 19.4. The summed E-state index contributed by atoms with van der Waals surface area (Å²) < 4.78 is 5.78. The van der Waals surface area contributed by atoms with Gasteiger partial charge in [0.2, 0.25) is 0 Å². The van der Waals surface area contributed by atoms with Crippen molar-refractivity contribution in [3.8, 4) is 5.75 Å². The first-order valence-electron chi connectivity index (χ1n) is 32.6. The Hall–Kier alpha value is 2.74. The number of H-pyrrole nitrogens is 5. The molecule has 9 rings (SSSR count). The molecule has 29 heteroatoms. The fourth-order valence-electron chi connectivity index (χ4n) is 11.4. The standard InChI is InChI=1S/C14H19NO.C13H17NO.C12H15NO2.C12H19NO.C9H13NO.C8H11NO2.C4H10.CHI3.CI3.CHI2.2CH2I.CH4.CH3.5V/c1-7-8(2)12-10(4)11(5)15(6)14(16)13(12)9(7)3;1-6-7(2)11-9(4)10(5)14-13(15)12(11)8(6)3;1-5-6(2)11(14)10-9(5)7(3)8(4)13-12(10)15;1-6-7(2)11-8(3)10(5)13-12(14)9(11)4;1-5-6(2)8(4)10-9(11)7(5)3;1-4-6(3)9-8(11)5(2)7(4)10;1-3-4-2;2*2-1(3)4;2-1-3;2*1-2;;;;;;;/h8H,1-6H3;7H,1-5H3,(H,14,15);5,14H,1-4H3,(H,13,15);7H,6H2,1-5H3,(H,13,14);1-4H3,(H,10,11);1-3H3,(H2,9,10,11);3-4H2,1-2H3;1H;;1H;2*1H2;1H4;1H3;;;;;/q;;;;;;;;4*-1;;-1;;;;;. The Balaban J connectivity index is -0.000000126. The van der Waals surface area contributed by atoms with Crippen LogP contribution in [0.2, 0.25) is 0 Å². The van der Waals surface area contributed by atoms with Crippen LogP contribution in [0.15, 0.2) is 45.5 Å². The molecule has 0 amide bonds. The van der Waals surface area contributed by atoms with Crippen molar-refractivity contribution in [2.24, 2.45) is 7.05 Å². The van der Waals surface area contributed by atoms with Crippen LogP contribution < -0.4 is 33.4 Å². The number of fused-ring (bicyclic) bond motifs is 3. The Morgan fingerprint density at radius 1 is 0.444 bits per heavy atom. The number of aryl methyl sites for hydroxylation is 5. The number of nitrogens with zero attached hydrogens (tertiary/aromatic N) is 1. The maximum atomic E-state index is 12.3. The smallest absolute Gasteiger partial charge is 0.259 e. The average molecular weight is 2800 g/mol. The second-order valence-corrected chi connectivity index (χ2v) is 48.8. The van der Waals surface area contributed by atoms with Crippen molar-refractivity contribution >= 4 is 243 Å². The molecule has 4 unspecified atom stereocenters. The summed E-state index contributed by atoms with van der Waals surface area (Å²) in [6.45, 7) is 56.2. The molecule has 6 aromatic rings. The summed E-state index contributed by atoms with van der Waals surface area (Å²) in [6, 6.07) is 0. The number of halogens is 10. The average Bonchev–Trinajstić information content (AvgIpc) is 1.62. The van der Waals surface area contributed by atoms with Crippen LogP contribution in [0.4, 0.5) is 0 Å². The minimum absolute atomic E-state index is 0. The summed E-state index contributed by atoms with van der Waals surface area (Å²) in [5.41, 5.74) is 28.3. The third-order valence-corrected chi connectivity index (χ3v) is 19.4. The van der Waals surface area contributed by atoms with Crippen LogP contribution in [0.3, 0.4) is 0 Å². The van der Waals surface area contributed by atoms with Crippen LogP contribution in [0.25, 0.3) is 16.9 Å². The van der Waals surface area contributed by atoms with Gasteiger partial charge in [-0.2, -0.15) is 0 Å². The molecule has 108 heavy (non-hydrogen) atoms. The molecular formula is C79H117I10N6O8V5-5. The van der Waals surface area contributed by atoms with Crippen molar-refractivity contribution in [2.75, 3.05) is 0 Å². The van der Waals surface area contributed by atoms with Crippen LogP contribution in [0.5, 0.6) is 5.75 Å². The number of nitrogens with one attached hydrogen (secondary N) is 5. The fourth-order valence-corrected chi connectivity index (χ4v) is 11.4. The Labute approximate surface area is 845 Å². The van der Waals surface area contributed by atoms with E-state index in [4.69, 9.17) is 0 Å². The van der Waals surface area contributed by atoms with Gasteiger partial charge in [0.1, 0.15) is 11.4 Å². The van der Waals surface area contributed by atoms with Gasteiger partial charge in [0.15, 0.2) is 0 Å². The summed E-state index contributed by atoms with van der Waals surface area (Å²) >= 11 is 21.8. The molecule has 6 aromatic heterocycles. The molecule has 3 aliphatic rings. The van der Waals surface area contributed by atoms with E-state index in [0.29, 0.717) is 28.9 Å². The first-order valence-corrected chi connectivity index (χ1v) is 45.1. The number of aromatic nitrogens is 6. The molecule has 6 heterocycles. The zero-order valence-corrected chi connectivity index (χ0v) is 96.4. The van der Waals surface area contributed by atoms with E-state index < -0.39 is 0 Å². The van der Waals surface area contributed by atoms with E-state index in [1.807, 2.05) is 145 Å². The molecular weight excluding hydrogens is 2680 g/mol. The molecule has 0 bridgehead atoms. The van der Waals surface area contributed by atoms with Crippen LogP contribution in [-0.4, -0.2) is 39.6 Å². The normalized spacial score (nSPS) is 13.3. The number of aromatic amines is 5. The van der Waals surface area contributed by atoms with E-state index in [9.17, 15) is 39.0 Å². The number of pyridine rings is 6. The second kappa shape index (κ2) is 65.5. The molecule has 0 aliphatic heterocycles. The number of allylic oxidation sites excluding steroid dienone is 5. The minimum Gasteiger partial charge on any atom is -0.507 e. The molecule has 0 saturated heterocycles. The largest absolute Gasteiger partial charge is 0.507 e. The zero-order valence-electron chi connectivity index (χ0n) is 67.8. The molecule has 7 N–H and O–H groups in total. The first-order chi connectivity index (χ1) is 46.6. The van der Waals surface area contributed by atoms with E-state index in [2.05, 4.69) is 299 Å². The first kappa shape index (κ1) is 131. The molecule has 5 radical (unpaired) electrons. The predicted octanol–water partition coefficient (Wildman–Crippen LogP) is 26.2. The van der Waals surface area contributed by atoms with E-state index in [-0.39, 0.29) is 158 Å². The summed E-state index contributed by atoms with van der Waals surface area (Å²) in [5.74, 6) is 1.65. The van der Waals surface area contributed by atoms with Gasteiger partial charge in [-0.15, -0.1) is -0.0619 Å². The molecule has 0 fully saturated rings. The monoisotopic (exact) mass is 2800 g/mol. The van der Waals surface area contributed by atoms with E-state index in [1.165, 1.54) is 68.4 Å². The maximum absolute atomic E-state index is 12.3. The molecule has 0 spiro atoms. The molecule has 611 valence electrons. The number of aromatic hydroxyl groups is 1. The van der Waals surface area contributed by atoms with Crippen molar-refractivity contribution in [1.29, 1.82) is 0 Å². The predicted molar refractivity (Wildman–Crippen MR) is 536 cm³/mol. The fraction of sp³-hybridized carbons (Fsp3) is 0.481. The van der Waals surface area contributed by atoms with Crippen molar-refractivity contribution in [3.05, 3.63) is 227 Å². The van der Waals surface area contributed by atoms with E-state index >= 15 is 0 Å². The van der Waals surface area contributed by atoms with Crippen LogP contribution >= 0.6 is 226 Å². The van der Waals surface area contributed by atoms with Gasteiger partial charge in [-0.05, 0) is 230 Å². The third kappa shape index (κ3) is 38.2. The summed E-state index contributed by atoms with van der Waals surface area (Å²) in [5, 5.41) is 19.2. The van der Waals surface area contributed by atoms with Crippen LogP contribution in [-0.2, 0) is 99.8 Å². The summed E-state index contributed by atoms with van der Waals surface area (Å²) in [7, 11) is 1.86. The van der Waals surface area contributed by atoms with Crippen LogP contribution in [0.1, 0.15) is 262 Å². The van der Waals surface area contributed by atoms with E-state index in [0.717, 1.165) is 96.2 Å². The number of unbranched alkanes of at least 4 members (excludes halogenated alkanes) is 1. The topological polar surface area (TPSA) is 227 Å². The molecule has 4 atom stereocenters. The van der Waals surface area contributed by atoms with Gasteiger partial charge in [0.25, 0.3) is 33.4 Å². The van der Waals surface area contributed by atoms with Crippen molar-refractivity contribution in [2.45, 2.75) is 244 Å². The van der Waals surface area contributed by atoms with Gasteiger partial charge in [-0.1, -0.05) is 148 Å². The van der Waals surface area contributed by atoms with Gasteiger partial charge in [-0.3, -0.25) is 106 Å². The Morgan fingerprint density at radius 2 is 0.722 bits per heavy atom. The Bertz CT molecular complexity index is 4060. The number of rotatable bonds is 3. The maximum Gasteiger partial charge on any atom is 0.259 e. The molecule has 14 nitrogen and oxygen atoms in total. The van der Waals surface area contributed by atoms with Gasteiger partial charge in [-0.25, -0.2) is 2.43 Å². The van der Waals surface area contributed by atoms with Crippen molar-refractivity contribution in [1.82, 2.24) is 29.5 Å². The SMILES string of the molecule is C.CC1=C(C)C(C)c2c(C)c(C)[nH]c(=O)c21.CC1=C(C)C(C)c2c(C)c(C)n(C)c(=O)c21.CC1=C(O)c2c(c(C)c(C)[nH]c2=O)C1C.CCC(C)c1c(C)c(C)[nH]c(=O)c1C.CCCC.Cc1[nH]c(=O)c(C)c(C)c1C.Cc1[nH]c(=O)c(C)c(O)c1C.IC(I)I.I[C-](I)I.I[CH-]I.[CH2-]I.[CH2-]I.[CH3-].[V].[V].[V].[V].[V]. The van der Waals surface area contributed by atoms with Crippen molar-refractivity contribution in [3.63, 3.8) is 0 Å². The summed E-state index contributed by atoms with van der Waals surface area (Å²) in [6.07, 6.45) is 3.71. The zero-order chi connectivity index (χ0) is 80.2. The van der Waals surface area contributed by atoms with Gasteiger partial charge in [0.05, 0.1) is 11.1 Å². The number of hydrogen-bond donors (Lipinski definition) is 7. The van der Waals surface area contributed by atoms with Gasteiger partial charge < -0.3 is 137 Å². The van der Waals surface area contributed by atoms with Gasteiger partial charge >= 0.3 is 0 Å². The Morgan fingerprint density at radius 3 is 1.08 bits per heavy atom. The number of aliphatic hydroxyl groups is 1. The Kier molecular flexibility index (Phi) is 79.7. The minimum atomic E-state index is -0.217. The summed E-state index contributed by atoms with van der Waals surface area (Å²) in [4.78, 5) is 90.0. The number of aliphatic hydroxyl groups excluding tert-OH is 1. The number of hydrogen-bond acceptors (Lipinski definition) is 8. The molecule has 0 saturated carbocycles. The number of alkyl halides is 3. The molecule has 0 aromatic carbocycles. The van der Waals surface area contributed by atoms with E-state index in [1.54, 1.807) is 25.3 Å². The van der Waals surface area contributed by atoms with Gasteiger partial charge in [0, 0.05) is 180 Å².